The molecule has 1 amide bonds. The number of quaternary nitrogens is 1. The molecule has 5 nitrogen and oxygen atoms in total. The molecule has 3 heterocycles. The third-order valence-electron chi connectivity index (χ3n) is 5.67. The second-order valence-electron chi connectivity index (χ2n) is 7.43. The van der Waals surface area contributed by atoms with Gasteiger partial charge in [-0.15, -0.1) is 11.3 Å². The maximum atomic E-state index is 13.4. The van der Waals surface area contributed by atoms with Gasteiger partial charge in [-0.25, -0.2) is 9.37 Å². The van der Waals surface area contributed by atoms with Gasteiger partial charge in [0.2, 0.25) is 0 Å². The number of rotatable bonds is 3. The molecule has 0 bridgehead atoms. The molecule has 2 aliphatic heterocycles. The summed E-state index contributed by atoms with van der Waals surface area (Å²) in [6.45, 7) is 2.26. The van der Waals surface area contributed by atoms with Crippen LogP contribution in [0.4, 0.5) is 10.1 Å². The first-order valence-corrected chi connectivity index (χ1v) is 10.3. The summed E-state index contributed by atoms with van der Waals surface area (Å²) >= 11 is 1.77. The van der Waals surface area contributed by atoms with Gasteiger partial charge in [0.05, 0.1) is 39.6 Å². The van der Waals surface area contributed by atoms with E-state index in [1.54, 1.807) is 11.3 Å². The molecule has 142 valence electrons. The minimum absolute atomic E-state index is 0.175. The first-order valence-electron chi connectivity index (χ1n) is 9.45. The highest BCUT2D eigenvalue weighted by Gasteiger charge is 2.39. The third kappa shape index (κ3) is 2.91. The van der Waals surface area contributed by atoms with E-state index in [2.05, 4.69) is 6.07 Å². The van der Waals surface area contributed by atoms with E-state index in [0.29, 0.717) is 18.3 Å². The van der Waals surface area contributed by atoms with Crippen LogP contribution in [0.15, 0.2) is 42.5 Å². The number of amides is 1. The van der Waals surface area contributed by atoms with Crippen LogP contribution in [0, 0.1) is 5.82 Å². The highest BCUT2D eigenvalue weighted by Crippen LogP contribution is 2.32. The zero-order valence-corrected chi connectivity index (χ0v) is 16.0. The van der Waals surface area contributed by atoms with E-state index < -0.39 is 17.5 Å². The maximum absolute atomic E-state index is 13.4. The number of nitrogens with zero attached hydrogens (tertiary/aromatic N) is 2. The average molecular weight is 396 g/mol. The van der Waals surface area contributed by atoms with Gasteiger partial charge in [-0.2, -0.15) is 0 Å². The zero-order chi connectivity index (χ0) is 19.3. The fraction of sp³-hybridized carbons (Fsp3) is 0.286. The van der Waals surface area contributed by atoms with E-state index in [-0.39, 0.29) is 5.56 Å². The van der Waals surface area contributed by atoms with Crippen LogP contribution < -0.4 is 9.80 Å². The Labute approximate surface area is 165 Å². The van der Waals surface area contributed by atoms with Gasteiger partial charge >= 0.3 is 5.91 Å². The largest absolute Gasteiger partial charge is 0.317 e. The topological polar surface area (TPSA) is 54.7 Å². The molecular weight excluding hydrogens is 377 g/mol. The Morgan fingerprint density at radius 2 is 1.93 bits per heavy atom. The van der Waals surface area contributed by atoms with Crippen molar-refractivity contribution in [2.24, 2.45) is 0 Å². The second kappa shape index (κ2) is 6.76. The van der Waals surface area contributed by atoms with Gasteiger partial charge in [0, 0.05) is 18.8 Å². The summed E-state index contributed by atoms with van der Waals surface area (Å²) in [6.07, 6.45) is 2.00. The Morgan fingerprint density at radius 1 is 1.14 bits per heavy atom. The Morgan fingerprint density at radius 3 is 2.71 bits per heavy atom. The first-order chi connectivity index (χ1) is 13.6. The molecule has 0 spiro atoms. The number of carbonyl (C=O) groups is 2. The van der Waals surface area contributed by atoms with Crippen molar-refractivity contribution >= 4 is 38.9 Å². The number of anilines is 1. The first kappa shape index (κ1) is 17.5. The minimum Gasteiger partial charge on any atom is -0.317 e. The number of hydrogen-bond acceptors (Lipinski definition) is 4. The van der Waals surface area contributed by atoms with Crippen molar-refractivity contribution in [1.29, 1.82) is 0 Å². The normalized spacial score (nSPS) is 22.1. The number of halogens is 1. The van der Waals surface area contributed by atoms with E-state index >= 15 is 0 Å². The SMILES string of the molecule is O=C1C(=O)N(C[NH+]2CCC(c3nc4ccccc4s3)CC2)c2ccc(F)cc21. The molecule has 1 fully saturated rings. The number of aromatic nitrogens is 1. The van der Waals surface area contributed by atoms with Gasteiger partial charge in [0.25, 0.3) is 5.78 Å². The summed E-state index contributed by atoms with van der Waals surface area (Å²) in [5, 5.41) is 1.19. The van der Waals surface area contributed by atoms with Crippen LogP contribution in [-0.2, 0) is 4.79 Å². The fourth-order valence-corrected chi connectivity index (χ4v) is 5.29. The molecule has 0 radical (unpaired) electrons. The number of nitrogens with one attached hydrogen (secondary N) is 1. The lowest BCUT2D eigenvalue weighted by Crippen LogP contribution is -3.14. The third-order valence-corrected chi connectivity index (χ3v) is 6.87. The van der Waals surface area contributed by atoms with Crippen LogP contribution in [0.3, 0.4) is 0 Å². The van der Waals surface area contributed by atoms with Gasteiger partial charge < -0.3 is 4.90 Å². The summed E-state index contributed by atoms with van der Waals surface area (Å²) < 4.78 is 14.7. The molecule has 2 aromatic carbocycles. The van der Waals surface area contributed by atoms with E-state index in [0.717, 1.165) is 37.5 Å². The highest BCUT2D eigenvalue weighted by molar-refractivity contribution is 7.18. The van der Waals surface area contributed by atoms with Crippen LogP contribution in [0.2, 0.25) is 0 Å². The van der Waals surface area contributed by atoms with Crippen molar-refractivity contribution in [3.63, 3.8) is 0 Å². The molecule has 1 saturated heterocycles. The number of fused-ring (bicyclic) bond motifs is 2. The van der Waals surface area contributed by atoms with Gasteiger partial charge in [0.15, 0.2) is 6.67 Å². The van der Waals surface area contributed by atoms with Gasteiger partial charge in [-0.3, -0.25) is 14.5 Å². The number of hydrogen-bond donors (Lipinski definition) is 1. The molecule has 3 aromatic rings. The van der Waals surface area contributed by atoms with Crippen molar-refractivity contribution in [3.05, 3.63) is 58.9 Å². The average Bonchev–Trinajstić information content (AvgIpc) is 3.24. The number of piperidine rings is 1. The predicted octanol–water partition coefficient (Wildman–Crippen LogP) is 2.38. The molecular formula is C21H19FN3O2S+. The summed E-state index contributed by atoms with van der Waals surface area (Å²) in [6, 6.07) is 12.2. The van der Waals surface area contributed by atoms with Crippen molar-refractivity contribution < 1.29 is 18.9 Å². The Balaban J connectivity index is 1.28. The van der Waals surface area contributed by atoms with E-state index in [1.165, 1.54) is 31.6 Å². The summed E-state index contributed by atoms with van der Waals surface area (Å²) in [5.41, 5.74) is 1.76. The van der Waals surface area contributed by atoms with Crippen molar-refractivity contribution in [2.75, 3.05) is 24.7 Å². The number of thiazole rings is 1. The van der Waals surface area contributed by atoms with Crippen LogP contribution in [-0.4, -0.2) is 36.4 Å². The Hall–Kier alpha value is -2.64. The molecule has 0 aliphatic carbocycles. The minimum atomic E-state index is -0.613. The molecule has 1 N–H and O–H groups in total. The summed E-state index contributed by atoms with van der Waals surface area (Å²) in [5.74, 6) is -1.22. The number of para-hydroxylation sites is 1. The molecule has 0 atom stereocenters. The molecule has 5 rings (SSSR count). The Kier molecular flexibility index (Phi) is 4.21. The molecule has 28 heavy (non-hydrogen) atoms. The highest BCUT2D eigenvalue weighted by atomic mass is 32.1. The predicted molar refractivity (Wildman–Crippen MR) is 105 cm³/mol. The molecule has 2 aliphatic rings. The fourth-order valence-electron chi connectivity index (χ4n) is 4.15. The lowest BCUT2D eigenvalue weighted by molar-refractivity contribution is -0.904. The van der Waals surface area contributed by atoms with Crippen molar-refractivity contribution in [1.82, 2.24) is 4.98 Å². The van der Waals surface area contributed by atoms with E-state index in [1.807, 2.05) is 18.2 Å². The van der Waals surface area contributed by atoms with Gasteiger partial charge in [-0.05, 0) is 30.3 Å². The summed E-state index contributed by atoms with van der Waals surface area (Å²) in [4.78, 5) is 32.1. The number of carbonyl (C=O) groups excluding carboxylic acids is 2. The van der Waals surface area contributed by atoms with Crippen molar-refractivity contribution in [2.45, 2.75) is 18.8 Å². The lowest BCUT2D eigenvalue weighted by atomic mass is 9.98. The smallest absolute Gasteiger partial charge is 0.303 e. The Bertz CT molecular complexity index is 1060. The van der Waals surface area contributed by atoms with Gasteiger partial charge in [0.1, 0.15) is 5.82 Å². The second-order valence-corrected chi connectivity index (χ2v) is 8.49. The van der Waals surface area contributed by atoms with Crippen LogP contribution >= 0.6 is 11.3 Å². The van der Waals surface area contributed by atoms with E-state index in [4.69, 9.17) is 4.98 Å². The van der Waals surface area contributed by atoms with Crippen LogP contribution in [0.5, 0.6) is 0 Å². The number of Topliss-reactive ketones (excluding diaryl/α,β-unsaturated/α-hetero) is 1. The quantitative estimate of drug-likeness (QED) is 0.692. The molecule has 7 heteroatoms. The number of benzene rings is 2. The number of likely N-dealkylation sites (tertiary alicyclic amines) is 1. The van der Waals surface area contributed by atoms with Crippen LogP contribution in [0.25, 0.3) is 10.2 Å². The van der Waals surface area contributed by atoms with Gasteiger partial charge in [-0.1, -0.05) is 12.1 Å². The lowest BCUT2D eigenvalue weighted by Gasteiger charge is -2.31. The number of ketones is 1. The molecule has 0 unspecified atom stereocenters. The molecule has 1 aromatic heterocycles. The van der Waals surface area contributed by atoms with Crippen LogP contribution in [0.1, 0.15) is 34.1 Å². The zero-order valence-electron chi connectivity index (χ0n) is 15.2. The van der Waals surface area contributed by atoms with Crippen molar-refractivity contribution in [3.8, 4) is 0 Å². The molecule has 0 saturated carbocycles. The monoisotopic (exact) mass is 396 g/mol. The summed E-state index contributed by atoms with van der Waals surface area (Å²) in [7, 11) is 0. The maximum Gasteiger partial charge on any atom is 0.303 e. The van der Waals surface area contributed by atoms with E-state index in [9.17, 15) is 14.0 Å². The standard InChI is InChI=1S/C21H18FN3O2S/c22-14-5-6-17-15(11-14)19(26)21(27)25(17)12-24-9-7-13(8-10-24)20-23-16-3-1-2-4-18(16)28-20/h1-6,11,13H,7-10,12H2/p+1.